The van der Waals surface area contributed by atoms with Gasteiger partial charge in [-0.05, 0) is 35.0 Å². The Kier molecular flexibility index (Phi) is 5.48. The number of piperazine rings is 1. The summed E-state index contributed by atoms with van der Waals surface area (Å²) in [6.45, 7) is 1.02. The maximum Gasteiger partial charge on any atom is 0.251 e. The van der Waals surface area contributed by atoms with Crippen LogP contribution in [0.1, 0.15) is 6.42 Å². The fraction of sp³-hybridized carbons (Fsp3) is 0.250. The lowest BCUT2D eigenvalue weighted by molar-refractivity contribution is -0.123. The summed E-state index contributed by atoms with van der Waals surface area (Å²) in [6.07, 6.45) is -0.0510. The maximum absolute atomic E-state index is 14.2. The molecule has 0 radical (unpaired) electrons. The molecule has 0 aliphatic carbocycles. The SMILES string of the molecule is O=C1CC(N2CCN(S(=O)(=O)c3ccc4ccccc4c3)CC2)C(=O)N1c1ccccc1F. The van der Waals surface area contributed by atoms with E-state index in [2.05, 4.69) is 0 Å². The molecule has 0 aromatic heterocycles. The molecule has 170 valence electrons. The van der Waals surface area contributed by atoms with Gasteiger partial charge in [-0.15, -0.1) is 0 Å². The van der Waals surface area contributed by atoms with Crippen molar-refractivity contribution in [3.05, 3.63) is 72.5 Å². The number of carbonyl (C=O) groups is 2. The van der Waals surface area contributed by atoms with Gasteiger partial charge in [0.15, 0.2) is 0 Å². The number of nitrogens with zero attached hydrogens (tertiary/aromatic N) is 3. The van der Waals surface area contributed by atoms with Crippen LogP contribution in [0.25, 0.3) is 10.8 Å². The van der Waals surface area contributed by atoms with Gasteiger partial charge in [0.2, 0.25) is 15.9 Å². The molecule has 2 heterocycles. The highest BCUT2D eigenvalue weighted by Gasteiger charge is 2.44. The van der Waals surface area contributed by atoms with Gasteiger partial charge in [0.25, 0.3) is 5.91 Å². The minimum absolute atomic E-state index is 0.0486. The van der Waals surface area contributed by atoms with Gasteiger partial charge < -0.3 is 0 Å². The third kappa shape index (κ3) is 3.82. The average molecular weight is 468 g/mol. The van der Waals surface area contributed by atoms with Crippen molar-refractivity contribution in [1.29, 1.82) is 0 Å². The number of sulfonamides is 1. The second kappa shape index (κ2) is 8.33. The Balaban J connectivity index is 1.30. The smallest absolute Gasteiger partial charge is 0.251 e. The highest BCUT2D eigenvalue weighted by atomic mass is 32.2. The summed E-state index contributed by atoms with van der Waals surface area (Å²) in [5.74, 6) is -1.57. The number of benzene rings is 3. The number of carbonyl (C=O) groups excluding carboxylic acids is 2. The fourth-order valence-electron chi connectivity index (χ4n) is 4.52. The van der Waals surface area contributed by atoms with E-state index in [9.17, 15) is 22.4 Å². The van der Waals surface area contributed by atoms with E-state index in [4.69, 9.17) is 0 Å². The quantitative estimate of drug-likeness (QED) is 0.552. The predicted octanol–water partition coefficient (Wildman–Crippen LogP) is 2.62. The second-order valence-corrected chi connectivity index (χ2v) is 10.1. The molecule has 33 heavy (non-hydrogen) atoms. The minimum atomic E-state index is -3.69. The molecule has 9 heteroatoms. The van der Waals surface area contributed by atoms with Gasteiger partial charge in [-0.3, -0.25) is 14.5 Å². The third-order valence-electron chi connectivity index (χ3n) is 6.29. The first kappa shape index (κ1) is 21.7. The van der Waals surface area contributed by atoms with E-state index in [1.54, 1.807) is 24.3 Å². The topological polar surface area (TPSA) is 78.0 Å². The maximum atomic E-state index is 14.2. The van der Waals surface area contributed by atoms with E-state index < -0.39 is 33.7 Å². The average Bonchev–Trinajstić information content (AvgIpc) is 3.13. The van der Waals surface area contributed by atoms with Gasteiger partial charge in [-0.25, -0.2) is 17.7 Å². The highest BCUT2D eigenvalue weighted by molar-refractivity contribution is 7.89. The van der Waals surface area contributed by atoms with E-state index in [1.165, 1.54) is 22.5 Å². The number of imide groups is 1. The zero-order valence-electron chi connectivity index (χ0n) is 17.7. The first-order valence-corrected chi connectivity index (χ1v) is 12.1. The van der Waals surface area contributed by atoms with Crippen LogP contribution in [0.3, 0.4) is 0 Å². The molecule has 3 aromatic carbocycles. The highest BCUT2D eigenvalue weighted by Crippen LogP contribution is 2.29. The Labute approximate surface area is 191 Å². The first-order chi connectivity index (χ1) is 15.9. The number of anilines is 1. The largest absolute Gasteiger partial charge is 0.289 e. The fourth-order valence-corrected chi connectivity index (χ4v) is 5.98. The van der Waals surface area contributed by atoms with Crippen LogP contribution in [0.15, 0.2) is 71.6 Å². The Bertz CT molecular complexity index is 1350. The molecule has 5 rings (SSSR count). The predicted molar refractivity (Wildman–Crippen MR) is 122 cm³/mol. The molecule has 3 aromatic rings. The number of halogens is 1. The molecule has 2 saturated heterocycles. The Morgan fingerprint density at radius 1 is 0.818 bits per heavy atom. The monoisotopic (exact) mass is 467 g/mol. The number of fused-ring (bicyclic) bond motifs is 1. The molecule has 1 unspecified atom stereocenters. The Hall–Kier alpha value is -3.14. The van der Waals surface area contributed by atoms with Crippen molar-refractivity contribution in [2.45, 2.75) is 17.4 Å². The van der Waals surface area contributed by atoms with Crippen LogP contribution < -0.4 is 4.90 Å². The molecule has 7 nitrogen and oxygen atoms in total. The van der Waals surface area contributed by atoms with Crippen molar-refractivity contribution in [1.82, 2.24) is 9.21 Å². The van der Waals surface area contributed by atoms with Gasteiger partial charge in [-0.1, -0.05) is 42.5 Å². The van der Waals surface area contributed by atoms with Crippen LogP contribution in [-0.4, -0.2) is 61.7 Å². The van der Waals surface area contributed by atoms with E-state index in [-0.39, 0.29) is 30.1 Å². The van der Waals surface area contributed by atoms with Gasteiger partial charge >= 0.3 is 0 Å². The van der Waals surface area contributed by atoms with Crippen molar-refractivity contribution in [2.24, 2.45) is 0 Å². The molecular formula is C24H22FN3O4S. The lowest BCUT2D eigenvalue weighted by Gasteiger charge is -2.36. The van der Waals surface area contributed by atoms with Crippen LogP contribution in [-0.2, 0) is 19.6 Å². The lowest BCUT2D eigenvalue weighted by Crippen LogP contribution is -2.53. The van der Waals surface area contributed by atoms with E-state index in [0.29, 0.717) is 13.1 Å². The number of hydrogen-bond donors (Lipinski definition) is 0. The standard InChI is InChI=1S/C24H22FN3O4S/c25-20-7-3-4-8-21(20)28-23(29)16-22(24(28)30)26-11-13-27(14-12-26)33(31,32)19-10-9-17-5-1-2-6-18(17)15-19/h1-10,15,22H,11-14,16H2. The van der Waals surface area contributed by atoms with E-state index >= 15 is 0 Å². The zero-order chi connectivity index (χ0) is 23.2. The van der Waals surface area contributed by atoms with Crippen LogP contribution in [0.2, 0.25) is 0 Å². The van der Waals surface area contributed by atoms with E-state index in [1.807, 2.05) is 29.2 Å². The summed E-state index contributed by atoms with van der Waals surface area (Å²) in [6, 6.07) is 17.6. The van der Waals surface area contributed by atoms with Crippen molar-refractivity contribution in [2.75, 3.05) is 31.1 Å². The number of rotatable bonds is 4. The molecule has 2 aliphatic rings. The molecule has 0 N–H and O–H groups in total. The summed E-state index contributed by atoms with van der Waals surface area (Å²) < 4.78 is 41.9. The molecule has 0 bridgehead atoms. The molecule has 1 atom stereocenters. The van der Waals surface area contributed by atoms with E-state index in [0.717, 1.165) is 15.7 Å². The molecule has 2 amide bonds. The molecular weight excluding hydrogens is 445 g/mol. The molecule has 2 fully saturated rings. The Morgan fingerprint density at radius 3 is 2.21 bits per heavy atom. The van der Waals surface area contributed by atoms with Crippen LogP contribution >= 0.6 is 0 Å². The van der Waals surface area contributed by atoms with Crippen molar-refractivity contribution >= 4 is 38.3 Å². The second-order valence-electron chi connectivity index (χ2n) is 8.19. The van der Waals surface area contributed by atoms with Crippen LogP contribution in [0.5, 0.6) is 0 Å². The first-order valence-electron chi connectivity index (χ1n) is 10.7. The summed E-state index contributed by atoms with van der Waals surface area (Å²) in [5, 5.41) is 1.81. The van der Waals surface area contributed by atoms with Gasteiger partial charge in [0, 0.05) is 26.2 Å². The minimum Gasteiger partial charge on any atom is -0.289 e. The molecule has 0 spiro atoms. The summed E-state index contributed by atoms with van der Waals surface area (Å²) >= 11 is 0. The van der Waals surface area contributed by atoms with Crippen molar-refractivity contribution in [3.8, 4) is 0 Å². The number of amides is 2. The van der Waals surface area contributed by atoms with Crippen molar-refractivity contribution < 1.29 is 22.4 Å². The van der Waals surface area contributed by atoms with Gasteiger partial charge in [0.05, 0.1) is 23.0 Å². The molecule has 0 saturated carbocycles. The number of hydrogen-bond acceptors (Lipinski definition) is 5. The number of para-hydroxylation sites is 1. The summed E-state index contributed by atoms with van der Waals surface area (Å²) in [5.41, 5.74) is -0.0486. The third-order valence-corrected chi connectivity index (χ3v) is 8.18. The lowest BCUT2D eigenvalue weighted by atomic mass is 10.1. The van der Waals surface area contributed by atoms with Crippen molar-refractivity contribution in [3.63, 3.8) is 0 Å². The summed E-state index contributed by atoms with van der Waals surface area (Å²) in [4.78, 5) is 28.4. The summed E-state index contributed by atoms with van der Waals surface area (Å²) in [7, 11) is -3.69. The van der Waals surface area contributed by atoms with Crippen LogP contribution in [0.4, 0.5) is 10.1 Å². The zero-order valence-corrected chi connectivity index (χ0v) is 18.5. The van der Waals surface area contributed by atoms with Gasteiger partial charge in [0.1, 0.15) is 5.82 Å². The van der Waals surface area contributed by atoms with Gasteiger partial charge in [-0.2, -0.15) is 4.31 Å². The molecule has 2 aliphatic heterocycles. The normalized spacial score (nSPS) is 20.6. The Morgan fingerprint density at radius 2 is 1.48 bits per heavy atom. The van der Waals surface area contributed by atoms with Crippen LogP contribution in [0, 0.1) is 5.82 Å².